The van der Waals surface area contributed by atoms with Crippen LogP contribution in [-0.4, -0.2) is 60.1 Å². The number of aliphatic hydroxyl groups is 1. The van der Waals surface area contributed by atoms with E-state index in [4.69, 9.17) is 5.11 Å². The van der Waals surface area contributed by atoms with Crippen molar-refractivity contribution in [1.29, 1.82) is 0 Å². The van der Waals surface area contributed by atoms with Gasteiger partial charge >= 0.3 is 0 Å². The average molecular weight is 263 g/mol. The van der Waals surface area contributed by atoms with Gasteiger partial charge in [-0.1, -0.05) is 0 Å². The molecule has 104 valence electrons. The van der Waals surface area contributed by atoms with Crippen LogP contribution in [0.4, 0.5) is 5.69 Å². The molecule has 0 bridgehead atoms. The van der Waals surface area contributed by atoms with Crippen LogP contribution < -0.4 is 4.90 Å². The largest absolute Gasteiger partial charge is 0.395 e. The molecule has 0 spiro atoms. The lowest BCUT2D eigenvalue weighted by Gasteiger charge is -2.23. The van der Waals surface area contributed by atoms with E-state index in [0.717, 1.165) is 44.8 Å². The van der Waals surface area contributed by atoms with E-state index in [1.54, 1.807) is 12.3 Å². The van der Waals surface area contributed by atoms with Crippen molar-refractivity contribution in [2.45, 2.75) is 13.3 Å². The third-order valence-corrected chi connectivity index (χ3v) is 3.48. The van der Waals surface area contributed by atoms with Crippen molar-refractivity contribution in [3.63, 3.8) is 0 Å². The first kappa shape index (κ1) is 14.0. The molecule has 5 nitrogen and oxygen atoms in total. The van der Waals surface area contributed by atoms with Gasteiger partial charge in [0.25, 0.3) is 0 Å². The monoisotopic (exact) mass is 263 g/mol. The Balaban J connectivity index is 1.99. The molecule has 0 unspecified atom stereocenters. The van der Waals surface area contributed by atoms with Gasteiger partial charge in [-0.2, -0.15) is 0 Å². The summed E-state index contributed by atoms with van der Waals surface area (Å²) in [7, 11) is 0. The molecule has 0 atom stereocenters. The molecule has 1 N–H and O–H groups in total. The Morgan fingerprint density at radius 3 is 2.79 bits per heavy atom. The number of carbonyl (C=O) groups excluding carboxylic acids is 1. The summed E-state index contributed by atoms with van der Waals surface area (Å²) in [5.41, 5.74) is 1.58. The van der Waals surface area contributed by atoms with Gasteiger partial charge in [0, 0.05) is 33.1 Å². The summed E-state index contributed by atoms with van der Waals surface area (Å²) in [6, 6.07) is 3.75. The predicted octanol–water partition coefficient (Wildman–Crippen LogP) is 0.789. The van der Waals surface area contributed by atoms with Gasteiger partial charge in [0.15, 0.2) is 5.78 Å². The Morgan fingerprint density at radius 1 is 1.32 bits per heavy atom. The number of β-amino-alcohol motifs (C(OH)–C–C–N with tert-alkyl or cyclic N) is 1. The van der Waals surface area contributed by atoms with E-state index in [1.165, 1.54) is 6.92 Å². The highest BCUT2D eigenvalue weighted by Gasteiger charge is 2.15. The summed E-state index contributed by atoms with van der Waals surface area (Å²) in [6.07, 6.45) is 2.85. The van der Waals surface area contributed by atoms with E-state index < -0.39 is 0 Å². The van der Waals surface area contributed by atoms with E-state index >= 15 is 0 Å². The normalized spacial score (nSPS) is 17.3. The Bertz CT molecular complexity index is 419. The highest BCUT2D eigenvalue weighted by Crippen LogP contribution is 2.15. The molecule has 2 heterocycles. The van der Waals surface area contributed by atoms with Crippen LogP contribution in [0.15, 0.2) is 18.3 Å². The number of aliphatic hydroxyl groups excluding tert-OH is 1. The minimum absolute atomic E-state index is 0.00321. The molecular weight excluding hydrogens is 242 g/mol. The lowest BCUT2D eigenvalue weighted by Crippen LogP contribution is -2.32. The molecule has 0 saturated carbocycles. The smallest absolute Gasteiger partial charge is 0.178 e. The highest BCUT2D eigenvalue weighted by molar-refractivity contribution is 5.92. The second-order valence-electron chi connectivity index (χ2n) is 4.86. The van der Waals surface area contributed by atoms with Crippen LogP contribution in [0.5, 0.6) is 0 Å². The maximum atomic E-state index is 11.2. The fourth-order valence-electron chi connectivity index (χ4n) is 2.38. The standard InChI is InChI=1S/C14H21N3O2/c1-12(19)14-4-3-13(11-15-14)17-6-2-5-16(7-8-17)9-10-18/h3-4,11,18H,2,5-10H2,1H3. The van der Waals surface area contributed by atoms with E-state index in [9.17, 15) is 4.79 Å². The van der Waals surface area contributed by atoms with Gasteiger partial charge in [-0.15, -0.1) is 0 Å². The van der Waals surface area contributed by atoms with Crippen LogP contribution in [0, 0.1) is 0 Å². The molecule has 0 aromatic carbocycles. The molecule has 1 aromatic heterocycles. The molecule has 1 aromatic rings. The van der Waals surface area contributed by atoms with Gasteiger partial charge in [0.05, 0.1) is 18.5 Å². The SMILES string of the molecule is CC(=O)c1ccc(N2CCCN(CCO)CC2)cn1. The van der Waals surface area contributed by atoms with Crippen molar-refractivity contribution in [2.24, 2.45) is 0 Å². The van der Waals surface area contributed by atoms with Crippen LogP contribution in [0.25, 0.3) is 0 Å². The second-order valence-corrected chi connectivity index (χ2v) is 4.86. The number of hydrogen-bond acceptors (Lipinski definition) is 5. The number of anilines is 1. The molecule has 0 amide bonds. The van der Waals surface area contributed by atoms with Crippen LogP contribution in [0.3, 0.4) is 0 Å². The Hall–Kier alpha value is -1.46. The Labute approximate surface area is 113 Å². The first-order valence-electron chi connectivity index (χ1n) is 6.76. The summed E-state index contributed by atoms with van der Waals surface area (Å²) in [6.45, 7) is 6.39. The van der Waals surface area contributed by atoms with Crippen LogP contribution >= 0.6 is 0 Å². The number of pyridine rings is 1. The molecule has 1 aliphatic rings. The maximum Gasteiger partial charge on any atom is 0.178 e. The fraction of sp³-hybridized carbons (Fsp3) is 0.571. The van der Waals surface area contributed by atoms with E-state index in [1.807, 2.05) is 6.07 Å². The van der Waals surface area contributed by atoms with Crippen molar-refractivity contribution in [2.75, 3.05) is 44.2 Å². The molecule has 0 radical (unpaired) electrons. The van der Waals surface area contributed by atoms with E-state index in [-0.39, 0.29) is 12.4 Å². The third-order valence-electron chi connectivity index (χ3n) is 3.48. The first-order valence-corrected chi connectivity index (χ1v) is 6.76. The average Bonchev–Trinajstić information content (AvgIpc) is 2.65. The summed E-state index contributed by atoms with van der Waals surface area (Å²) in [5, 5.41) is 8.98. The minimum atomic E-state index is -0.00321. The zero-order chi connectivity index (χ0) is 13.7. The maximum absolute atomic E-state index is 11.2. The van der Waals surface area contributed by atoms with Gasteiger partial charge in [-0.3, -0.25) is 14.7 Å². The van der Waals surface area contributed by atoms with Gasteiger partial charge in [-0.05, 0) is 25.1 Å². The minimum Gasteiger partial charge on any atom is -0.395 e. The number of nitrogens with zero attached hydrogens (tertiary/aromatic N) is 3. The number of Topliss-reactive ketones (excluding diaryl/α,β-unsaturated/α-hetero) is 1. The summed E-state index contributed by atoms with van der Waals surface area (Å²) < 4.78 is 0. The van der Waals surface area contributed by atoms with Crippen molar-refractivity contribution in [3.8, 4) is 0 Å². The molecular formula is C14H21N3O2. The van der Waals surface area contributed by atoms with Crippen molar-refractivity contribution in [3.05, 3.63) is 24.0 Å². The fourth-order valence-corrected chi connectivity index (χ4v) is 2.38. The Kier molecular flexibility index (Phi) is 4.87. The second kappa shape index (κ2) is 6.63. The van der Waals surface area contributed by atoms with E-state index in [0.29, 0.717) is 5.69 Å². The lowest BCUT2D eigenvalue weighted by molar-refractivity contribution is 0.101. The molecule has 19 heavy (non-hydrogen) atoms. The van der Waals surface area contributed by atoms with Crippen LogP contribution in [0.1, 0.15) is 23.8 Å². The molecule has 2 rings (SSSR count). The van der Waals surface area contributed by atoms with Crippen LogP contribution in [0.2, 0.25) is 0 Å². The predicted molar refractivity (Wildman–Crippen MR) is 74.6 cm³/mol. The topological polar surface area (TPSA) is 56.7 Å². The molecule has 5 heteroatoms. The summed E-state index contributed by atoms with van der Waals surface area (Å²) in [5.74, 6) is -0.00321. The number of carbonyl (C=O) groups is 1. The number of ketones is 1. The molecule has 1 aliphatic heterocycles. The van der Waals surface area contributed by atoms with E-state index in [2.05, 4.69) is 14.8 Å². The zero-order valence-electron chi connectivity index (χ0n) is 11.4. The van der Waals surface area contributed by atoms with Gasteiger partial charge in [-0.25, -0.2) is 0 Å². The Morgan fingerprint density at radius 2 is 2.16 bits per heavy atom. The number of hydrogen-bond donors (Lipinski definition) is 1. The van der Waals surface area contributed by atoms with Gasteiger partial charge in [0.2, 0.25) is 0 Å². The van der Waals surface area contributed by atoms with Crippen LogP contribution in [-0.2, 0) is 0 Å². The summed E-state index contributed by atoms with van der Waals surface area (Å²) in [4.78, 5) is 20.0. The zero-order valence-corrected chi connectivity index (χ0v) is 11.4. The number of rotatable bonds is 4. The summed E-state index contributed by atoms with van der Waals surface area (Å²) >= 11 is 0. The van der Waals surface area contributed by atoms with Crippen molar-refractivity contribution < 1.29 is 9.90 Å². The molecule has 1 saturated heterocycles. The highest BCUT2D eigenvalue weighted by atomic mass is 16.3. The van der Waals surface area contributed by atoms with Crippen molar-refractivity contribution >= 4 is 11.5 Å². The van der Waals surface area contributed by atoms with Gasteiger partial charge in [0.1, 0.15) is 5.69 Å². The molecule has 1 fully saturated rings. The quantitative estimate of drug-likeness (QED) is 0.814. The number of aromatic nitrogens is 1. The molecule has 0 aliphatic carbocycles. The van der Waals surface area contributed by atoms with Crippen molar-refractivity contribution in [1.82, 2.24) is 9.88 Å². The lowest BCUT2D eigenvalue weighted by atomic mass is 10.2. The third kappa shape index (κ3) is 3.75. The first-order chi connectivity index (χ1) is 9.20. The van der Waals surface area contributed by atoms with Gasteiger partial charge < -0.3 is 10.0 Å².